The van der Waals surface area contributed by atoms with Crippen LogP contribution in [-0.4, -0.2) is 41.1 Å². The smallest absolute Gasteiger partial charge is 0.317 e. The first-order valence-electron chi connectivity index (χ1n) is 6.98. The number of benzene rings is 1. The van der Waals surface area contributed by atoms with E-state index in [0.29, 0.717) is 13.1 Å². The maximum atomic E-state index is 12.0. The van der Waals surface area contributed by atoms with Gasteiger partial charge in [-0.3, -0.25) is 4.79 Å². The van der Waals surface area contributed by atoms with Gasteiger partial charge in [-0.15, -0.1) is 0 Å². The zero-order chi connectivity index (χ0) is 14.1. The Morgan fingerprint density at radius 3 is 2.60 bits per heavy atom. The van der Waals surface area contributed by atoms with E-state index in [2.05, 4.69) is 17.4 Å². The first-order chi connectivity index (χ1) is 9.63. The van der Waals surface area contributed by atoms with E-state index in [1.165, 1.54) is 11.1 Å². The minimum Gasteiger partial charge on any atom is -0.481 e. The summed E-state index contributed by atoms with van der Waals surface area (Å²) >= 11 is 0. The summed E-state index contributed by atoms with van der Waals surface area (Å²) in [6.45, 7) is 0.648. The van der Waals surface area contributed by atoms with Crippen LogP contribution in [0, 0.1) is 5.92 Å². The number of carboxylic acid groups (broad SMARTS) is 1. The number of nitrogens with zero attached hydrogens (tertiary/aromatic N) is 1. The number of amides is 2. The maximum absolute atomic E-state index is 12.0. The van der Waals surface area contributed by atoms with E-state index in [-0.39, 0.29) is 12.1 Å². The lowest BCUT2D eigenvalue weighted by Crippen LogP contribution is -2.58. The number of urea groups is 1. The molecule has 1 aliphatic carbocycles. The predicted molar refractivity (Wildman–Crippen MR) is 73.5 cm³/mol. The van der Waals surface area contributed by atoms with Crippen LogP contribution < -0.4 is 5.32 Å². The fourth-order valence-electron chi connectivity index (χ4n) is 2.89. The molecule has 0 bridgehead atoms. The van der Waals surface area contributed by atoms with E-state index in [1.807, 2.05) is 12.1 Å². The zero-order valence-corrected chi connectivity index (χ0v) is 11.2. The van der Waals surface area contributed by atoms with Crippen LogP contribution in [0.5, 0.6) is 0 Å². The molecular weight excluding hydrogens is 256 g/mol. The maximum Gasteiger partial charge on any atom is 0.317 e. The highest BCUT2D eigenvalue weighted by Crippen LogP contribution is 2.22. The second kappa shape index (κ2) is 5.15. The van der Waals surface area contributed by atoms with Crippen LogP contribution >= 0.6 is 0 Å². The summed E-state index contributed by atoms with van der Waals surface area (Å²) in [5.74, 6) is -1.21. The first kappa shape index (κ1) is 13.0. The Kier molecular flexibility index (Phi) is 3.34. The molecule has 2 N–H and O–H groups in total. The molecule has 1 aromatic rings. The van der Waals surface area contributed by atoms with Gasteiger partial charge in [0.15, 0.2) is 0 Å². The molecule has 1 heterocycles. The van der Waals surface area contributed by atoms with Crippen LogP contribution in [0.4, 0.5) is 4.79 Å². The molecule has 106 valence electrons. The van der Waals surface area contributed by atoms with Crippen molar-refractivity contribution in [2.24, 2.45) is 5.92 Å². The molecule has 1 saturated heterocycles. The third-order valence-corrected chi connectivity index (χ3v) is 4.19. The second-order valence-corrected chi connectivity index (χ2v) is 5.60. The van der Waals surface area contributed by atoms with E-state index in [9.17, 15) is 9.59 Å². The van der Waals surface area contributed by atoms with Crippen molar-refractivity contribution < 1.29 is 14.7 Å². The summed E-state index contributed by atoms with van der Waals surface area (Å²) < 4.78 is 0. The normalized spacial score (nSPS) is 21.8. The molecule has 0 spiro atoms. The van der Waals surface area contributed by atoms with Gasteiger partial charge < -0.3 is 15.3 Å². The van der Waals surface area contributed by atoms with E-state index >= 15 is 0 Å². The van der Waals surface area contributed by atoms with Crippen molar-refractivity contribution in [1.29, 1.82) is 0 Å². The fraction of sp³-hybridized carbons (Fsp3) is 0.467. The molecule has 2 aliphatic rings. The molecule has 5 nitrogen and oxygen atoms in total. The second-order valence-electron chi connectivity index (χ2n) is 5.60. The van der Waals surface area contributed by atoms with Crippen LogP contribution in [-0.2, 0) is 17.6 Å². The molecule has 0 radical (unpaired) electrons. The molecule has 3 rings (SSSR count). The van der Waals surface area contributed by atoms with Crippen molar-refractivity contribution in [2.75, 3.05) is 13.1 Å². The Hall–Kier alpha value is -2.04. The van der Waals surface area contributed by atoms with Crippen molar-refractivity contribution in [1.82, 2.24) is 10.2 Å². The van der Waals surface area contributed by atoms with Crippen LogP contribution in [0.25, 0.3) is 0 Å². The van der Waals surface area contributed by atoms with E-state index in [4.69, 9.17) is 5.11 Å². The predicted octanol–water partition coefficient (Wildman–Crippen LogP) is 1.27. The van der Waals surface area contributed by atoms with Gasteiger partial charge in [0.1, 0.15) is 0 Å². The number of nitrogens with one attached hydrogen (secondary N) is 1. The number of hydrogen-bond donors (Lipinski definition) is 2. The van der Waals surface area contributed by atoms with Crippen molar-refractivity contribution in [2.45, 2.75) is 25.3 Å². The Morgan fingerprint density at radius 1 is 1.20 bits per heavy atom. The number of hydrogen-bond acceptors (Lipinski definition) is 2. The van der Waals surface area contributed by atoms with Gasteiger partial charge in [-0.05, 0) is 30.4 Å². The molecule has 2 amide bonds. The molecule has 1 fully saturated rings. The van der Waals surface area contributed by atoms with Crippen molar-refractivity contribution in [3.05, 3.63) is 35.4 Å². The van der Waals surface area contributed by atoms with Gasteiger partial charge in [0.25, 0.3) is 0 Å². The largest absolute Gasteiger partial charge is 0.481 e. The lowest BCUT2D eigenvalue weighted by molar-refractivity contribution is -0.146. The number of aryl methyl sites for hydroxylation is 1. The highest BCUT2D eigenvalue weighted by molar-refractivity contribution is 5.80. The number of likely N-dealkylation sites (tertiary alicyclic amines) is 1. The molecule has 1 aliphatic heterocycles. The van der Waals surface area contributed by atoms with Crippen LogP contribution in [0.15, 0.2) is 24.3 Å². The van der Waals surface area contributed by atoms with Gasteiger partial charge in [-0.1, -0.05) is 24.3 Å². The van der Waals surface area contributed by atoms with Gasteiger partial charge in [0.05, 0.1) is 5.92 Å². The van der Waals surface area contributed by atoms with E-state index < -0.39 is 11.9 Å². The quantitative estimate of drug-likeness (QED) is 0.853. The molecular formula is C15H18N2O3. The average Bonchev–Trinajstić information content (AvgIpc) is 2.36. The topological polar surface area (TPSA) is 69.6 Å². The fourth-order valence-corrected chi connectivity index (χ4v) is 2.89. The summed E-state index contributed by atoms with van der Waals surface area (Å²) in [4.78, 5) is 24.3. The van der Waals surface area contributed by atoms with Gasteiger partial charge in [-0.25, -0.2) is 4.79 Å². The molecule has 1 unspecified atom stereocenters. The third kappa shape index (κ3) is 2.48. The summed E-state index contributed by atoms with van der Waals surface area (Å²) in [7, 11) is 0. The summed E-state index contributed by atoms with van der Waals surface area (Å²) in [6, 6.07) is 8.34. The number of carboxylic acids is 1. The summed E-state index contributed by atoms with van der Waals surface area (Å²) in [5.41, 5.74) is 2.67. The van der Waals surface area contributed by atoms with Crippen molar-refractivity contribution >= 4 is 12.0 Å². The number of fused-ring (bicyclic) bond motifs is 1. The van der Waals surface area contributed by atoms with Crippen LogP contribution in [0.2, 0.25) is 0 Å². The molecule has 0 aromatic heterocycles. The van der Waals surface area contributed by atoms with Gasteiger partial charge in [0.2, 0.25) is 0 Å². The molecule has 1 aromatic carbocycles. The molecule has 20 heavy (non-hydrogen) atoms. The molecule has 5 heteroatoms. The SMILES string of the molecule is O=C(O)C1CN(C(=O)NC2CCc3ccccc3C2)C1. The minimum atomic E-state index is -0.819. The average molecular weight is 274 g/mol. The minimum absolute atomic E-state index is 0.133. The molecule has 1 atom stereocenters. The lowest BCUT2D eigenvalue weighted by Gasteiger charge is -2.38. The summed E-state index contributed by atoms with van der Waals surface area (Å²) in [5, 5.41) is 11.8. The highest BCUT2D eigenvalue weighted by atomic mass is 16.4. The number of aliphatic carboxylic acids is 1. The monoisotopic (exact) mass is 274 g/mol. The van der Waals surface area contributed by atoms with E-state index in [1.54, 1.807) is 4.90 Å². The number of carbonyl (C=O) groups is 2. The van der Waals surface area contributed by atoms with Gasteiger partial charge in [-0.2, -0.15) is 0 Å². The Labute approximate surface area is 117 Å². The van der Waals surface area contributed by atoms with Crippen LogP contribution in [0.3, 0.4) is 0 Å². The lowest BCUT2D eigenvalue weighted by atomic mass is 9.88. The Bertz CT molecular complexity index is 538. The standard InChI is InChI=1S/C15H18N2O3/c18-14(19)12-8-17(9-12)15(20)16-13-6-5-10-3-1-2-4-11(10)7-13/h1-4,12-13H,5-9H2,(H,16,20)(H,18,19). The van der Waals surface area contributed by atoms with Crippen molar-refractivity contribution in [3.63, 3.8) is 0 Å². The zero-order valence-electron chi connectivity index (χ0n) is 11.2. The Morgan fingerprint density at radius 2 is 1.90 bits per heavy atom. The summed E-state index contributed by atoms with van der Waals surface area (Å²) in [6.07, 6.45) is 2.79. The van der Waals surface area contributed by atoms with Crippen molar-refractivity contribution in [3.8, 4) is 0 Å². The van der Waals surface area contributed by atoms with E-state index in [0.717, 1.165) is 19.3 Å². The number of carbonyl (C=O) groups excluding carboxylic acids is 1. The van der Waals surface area contributed by atoms with Gasteiger partial charge >= 0.3 is 12.0 Å². The number of rotatable bonds is 2. The van der Waals surface area contributed by atoms with Gasteiger partial charge in [0, 0.05) is 19.1 Å². The Balaban J connectivity index is 1.53. The first-order valence-corrected chi connectivity index (χ1v) is 6.98. The molecule has 0 saturated carbocycles. The highest BCUT2D eigenvalue weighted by Gasteiger charge is 2.36. The van der Waals surface area contributed by atoms with Crippen LogP contribution in [0.1, 0.15) is 17.5 Å². The third-order valence-electron chi connectivity index (χ3n) is 4.19.